The maximum atomic E-state index is 12.5. The number of nitrogens with one attached hydrogen (secondary N) is 1. The van der Waals surface area contributed by atoms with Gasteiger partial charge in [-0.1, -0.05) is 18.6 Å². The van der Waals surface area contributed by atoms with E-state index in [0.717, 1.165) is 56.5 Å². The molecule has 6 nitrogen and oxygen atoms in total. The van der Waals surface area contributed by atoms with Gasteiger partial charge in [-0.05, 0) is 55.7 Å². The Bertz CT molecular complexity index is 850. The Labute approximate surface area is 146 Å². The lowest BCUT2D eigenvalue weighted by Crippen LogP contribution is -2.30. The monoisotopic (exact) mass is 340 g/mol. The molecule has 0 unspecified atom stereocenters. The molecule has 25 heavy (non-hydrogen) atoms. The minimum atomic E-state index is -0.186. The van der Waals surface area contributed by atoms with Gasteiger partial charge in [0.25, 0.3) is 0 Å². The number of benzene rings is 1. The van der Waals surface area contributed by atoms with E-state index in [2.05, 4.69) is 16.5 Å². The molecule has 0 saturated carbocycles. The maximum absolute atomic E-state index is 12.5. The smallest absolute Gasteiger partial charge is 0.324 e. The Balaban J connectivity index is 1.51. The molecule has 2 aromatic rings. The summed E-state index contributed by atoms with van der Waals surface area (Å²) in [6.45, 7) is 0.685. The zero-order valence-electron chi connectivity index (χ0n) is 14.5. The number of carbonyl (C=O) groups is 1. The molecule has 1 aliphatic heterocycles. The normalized spacial score (nSPS) is 16.6. The van der Waals surface area contributed by atoms with E-state index in [1.54, 1.807) is 4.57 Å². The number of rotatable bonds is 3. The second-order valence-electron chi connectivity index (χ2n) is 7.02. The van der Waals surface area contributed by atoms with Gasteiger partial charge in [0.15, 0.2) is 0 Å². The van der Waals surface area contributed by atoms with Crippen molar-refractivity contribution < 1.29 is 4.79 Å². The molecule has 0 radical (unpaired) electrons. The Kier molecular flexibility index (Phi) is 4.42. The van der Waals surface area contributed by atoms with Gasteiger partial charge in [0, 0.05) is 18.7 Å². The van der Waals surface area contributed by atoms with E-state index in [1.165, 1.54) is 22.2 Å². The highest BCUT2D eigenvalue weighted by Gasteiger charge is 2.18. The van der Waals surface area contributed by atoms with Crippen molar-refractivity contribution in [1.29, 1.82) is 0 Å². The van der Waals surface area contributed by atoms with Crippen LogP contribution in [0.2, 0.25) is 0 Å². The van der Waals surface area contributed by atoms with Gasteiger partial charge in [0.05, 0.1) is 0 Å². The van der Waals surface area contributed by atoms with Crippen molar-refractivity contribution in [2.45, 2.75) is 64.5 Å². The number of nitrogens with zero attached hydrogens (tertiary/aromatic N) is 3. The zero-order valence-corrected chi connectivity index (χ0v) is 14.5. The number of hydrogen-bond donors (Lipinski definition) is 1. The van der Waals surface area contributed by atoms with Gasteiger partial charge in [0.2, 0.25) is 5.91 Å². The molecule has 0 atom stereocenters. The van der Waals surface area contributed by atoms with Crippen molar-refractivity contribution in [1.82, 2.24) is 14.3 Å². The molecule has 132 valence electrons. The number of hydrogen-bond acceptors (Lipinski definition) is 3. The summed E-state index contributed by atoms with van der Waals surface area (Å²) in [6.07, 6.45) is 8.45. The molecular weight excluding hydrogens is 316 g/mol. The third-order valence-electron chi connectivity index (χ3n) is 5.24. The van der Waals surface area contributed by atoms with E-state index in [4.69, 9.17) is 0 Å². The number of amides is 1. The summed E-state index contributed by atoms with van der Waals surface area (Å²) in [4.78, 5) is 25.0. The molecule has 0 fully saturated rings. The Morgan fingerprint density at radius 3 is 2.84 bits per heavy atom. The minimum absolute atomic E-state index is 0.0253. The molecular formula is C19H24N4O2. The molecule has 1 aliphatic carbocycles. The summed E-state index contributed by atoms with van der Waals surface area (Å²) in [5.74, 6) is 0.627. The minimum Gasteiger partial charge on any atom is -0.324 e. The van der Waals surface area contributed by atoms with Crippen LogP contribution in [0.15, 0.2) is 23.0 Å². The Morgan fingerprint density at radius 2 is 1.92 bits per heavy atom. The Morgan fingerprint density at radius 1 is 1.08 bits per heavy atom. The van der Waals surface area contributed by atoms with Gasteiger partial charge in [-0.3, -0.25) is 9.36 Å². The van der Waals surface area contributed by atoms with Crippen LogP contribution in [0.1, 0.15) is 49.1 Å². The topological polar surface area (TPSA) is 68.9 Å². The lowest BCUT2D eigenvalue weighted by molar-refractivity contribution is -0.117. The van der Waals surface area contributed by atoms with Crippen LogP contribution in [0.4, 0.5) is 5.69 Å². The van der Waals surface area contributed by atoms with Crippen molar-refractivity contribution in [3.05, 3.63) is 45.6 Å². The molecule has 0 saturated heterocycles. The Hall–Kier alpha value is -2.37. The van der Waals surface area contributed by atoms with Crippen LogP contribution in [-0.2, 0) is 37.1 Å². The fourth-order valence-electron chi connectivity index (χ4n) is 3.95. The van der Waals surface area contributed by atoms with Crippen molar-refractivity contribution >= 4 is 11.6 Å². The van der Waals surface area contributed by atoms with Gasteiger partial charge >= 0.3 is 5.69 Å². The average Bonchev–Trinajstić information content (AvgIpc) is 2.78. The SMILES string of the molecule is O=C(Cn1nc2n(c1=O)CCCCC2)Nc1cccc2c1CCCC2. The molecule has 0 spiro atoms. The van der Waals surface area contributed by atoms with Crippen molar-refractivity contribution in [3.8, 4) is 0 Å². The second kappa shape index (κ2) is 6.86. The predicted octanol–water partition coefficient (Wildman–Crippen LogP) is 2.29. The molecule has 0 bridgehead atoms. The number of carbonyl (C=O) groups excluding carboxylic acids is 1. The van der Waals surface area contributed by atoms with Crippen LogP contribution in [0.25, 0.3) is 0 Å². The summed E-state index contributed by atoms with van der Waals surface area (Å²) in [6, 6.07) is 6.08. The maximum Gasteiger partial charge on any atom is 0.346 e. The van der Waals surface area contributed by atoms with Gasteiger partial charge in [-0.25, -0.2) is 9.48 Å². The van der Waals surface area contributed by atoms with E-state index < -0.39 is 0 Å². The van der Waals surface area contributed by atoms with Crippen LogP contribution >= 0.6 is 0 Å². The summed E-state index contributed by atoms with van der Waals surface area (Å²) >= 11 is 0. The highest BCUT2D eigenvalue weighted by molar-refractivity contribution is 5.91. The first-order valence-corrected chi connectivity index (χ1v) is 9.29. The van der Waals surface area contributed by atoms with E-state index in [0.29, 0.717) is 6.54 Å². The summed E-state index contributed by atoms with van der Waals surface area (Å²) in [7, 11) is 0. The first-order chi connectivity index (χ1) is 12.2. The average molecular weight is 340 g/mol. The van der Waals surface area contributed by atoms with Gasteiger partial charge in [-0.2, -0.15) is 5.10 Å². The number of aromatic nitrogens is 3. The number of fused-ring (bicyclic) bond motifs is 2. The molecule has 1 aromatic heterocycles. The number of aryl methyl sites for hydroxylation is 2. The standard InChI is InChI=1S/C19H24N4O2/c24-18(20-16-10-6-8-14-7-3-4-9-15(14)16)13-23-19(25)22-12-5-1-2-11-17(22)21-23/h6,8,10H,1-5,7,9,11-13H2,(H,20,24). The quantitative estimate of drug-likeness (QED) is 0.932. The molecule has 1 N–H and O–H groups in total. The second-order valence-corrected chi connectivity index (χ2v) is 7.02. The first kappa shape index (κ1) is 16.1. The fraction of sp³-hybridized carbons (Fsp3) is 0.526. The van der Waals surface area contributed by atoms with Gasteiger partial charge in [-0.15, -0.1) is 0 Å². The van der Waals surface area contributed by atoms with Crippen LogP contribution in [0.3, 0.4) is 0 Å². The molecule has 1 aromatic carbocycles. The molecule has 4 rings (SSSR count). The third-order valence-corrected chi connectivity index (χ3v) is 5.24. The zero-order chi connectivity index (χ0) is 17.2. The lowest BCUT2D eigenvalue weighted by atomic mass is 9.90. The molecule has 6 heteroatoms. The fourth-order valence-corrected chi connectivity index (χ4v) is 3.95. The van der Waals surface area contributed by atoms with Gasteiger partial charge in [0.1, 0.15) is 12.4 Å². The largest absolute Gasteiger partial charge is 0.346 e. The van der Waals surface area contributed by atoms with Crippen LogP contribution < -0.4 is 11.0 Å². The van der Waals surface area contributed by atoms with E-state index in [1.807, 2.05) is 12.1 Å². The summed E-state index contributed by atoms with van der Waals surface area (Å²) < 4.78 is 3.04. The van der Waals surface area contributed by atoms with Crippen molar-refractivity contribution in [2.24, 2.45) is 0 Å². The van der Waals surface area contributed by atoms with Crippen LogP contribution in [0, 0.1) is 0 Å². The predicted molar refractivity (Wildman–Crippen MR) is 95.8 cm³/mol. The lowest BCUT2D eigenvalue weighted by Gasteiger charge is -2.19. The van der Waals surface area contributed by atoms with E-state index in [-0.39, 0.29) is 18.1 Å². The van der Waals surface area contributed by atoms with Crippen LogP contribution in [-0.4, -0.2) is 20.3 Å². The molecule has 2 aliphatic rings. The third kappa shape index (κ3) is 3.25. The summed E-state index contributed by atoms with van der Waals surface area (Å²) in [5.41, 5.74) is 3.29. The molecule has 1 amide bonds. The first-order valence-electron chi connectivity index (χ1n) is 9.29. The molecule has 2 heterocycles. The highest BCUT2D eigenvalue weighted by Crippen LogP contribution is 2.27. The highest BCUT2D eigenvalue weighted by atomic mass is 16.2. The van der Waals surface area contributed by atoms with Gasteiger partial charge < -0.3 is 5.32 Å². The number of anilines is 1. The summed E-state index contributed by atoms with van der Waals surface area (Å²) in [5, 5.41) is 7.38. The van der Waals surface area contributed by atoms with Crippen molar-refractivity contribution in [3.63, 3.8) is 0 Å². The van der Waals surface area contributed by atoms with Crippen molar-refractivity contribution in [2.75, 3.05) is 5.32 Å². The van der Waals surface area contributed by atoms with E-state index >= 15 is 0 Å². The van der Waals surface area contributed by atoms with E-state index in [9.17, 15) is 9.59 Å². The van der Waals surface area contributed by atoms with Crippen LogP contribution in [0.5, 0.6) is 0 Å².